The summed E-state index contributed by atoms with van der Waals surface area (Å²) in [6.07, 6.45) is 5.61. The van der Waals surface area contributed by atoms with Crippen molar-refractivity contribution >= 4 is 15.9 Å². The van der Waals surface area contributed by atoms with Gasteiger partial charge < -0.3 is 4.57 Å². The number of imidazole rings is 1. The van der Waals surface area contributed by atoms with Gasteiger partial charge in [0, 0.05) is 16.9 Å². The second-order valence-electron chi connectivity index (χ2n) is 3.21. The largest absolute Gasteiger partial charge is 0.330 e. The molecule has 14 heavy (non-hydrogen) atoms. The van der Waals surface area contributed by atoms with Gasteiger partial charge in [0.15, 0.2) is 0 Å². The van der Waals surface area contributed by atoms with Gasteiger partial charge in [0.1, 0.15) is 0 Å². The van der Waals surface area contributed by atoms with Crippen LogP contribution < -0.4 is 0 Å². The molecule has 1 aromatic carbocycles. The summed E-state index contributed by atoms with van der Waals surface area (Å²) in [6, 6.07) is 8.56. The predicted octanol–water partition coefficient (Wildman–Crippen LogP) is 3.25. The van der Waals surface area contributed by atoms with Crippen LogP contribution in [-0.4, -0.2) is 9.55 Å². The van der Waals surface area contributed by atoms with Crippen molar-refractivity contribution in [2.45, 2.75) is 13.0 Å². The van der Waals surface area contributed by atoms with E-state index in [0.717, 1.165) is 4.47 Å². The monoisotopic (exact) mass is 250 g/mol. The highest BCUT2D eigenvalue weighted by molar-refractivity contribution is 9.10. The average Bonchev–Trinajstić information content (AvgIpc) is 2.70. The molecule has 1 atom stereocenters. The smallest absolute Gasteiger partial charge is 0.0951 e. The molecule has 0 aliphatic rings. The van der Waals surface area contributed by atoms with Gasteiger partial charge in [0.05, 0.1) is 12.4 Å². The van der Waals surface area contributed by atoms with E-state index in [1.165, 1.54) is 5.56 Å². The molecule has 2 rings (SSSR count). The Bertz CT molecular complexity index is 409. The molecular formula is C11H11BrN2. The summed E-state index contributed by atoms with van der Waals surface area (Å²) in [5, 5.41) is 0. The maximum Gasteiger partial charge on any atom is 0.0951 e. The number of aromatic nitrogens is 2. The molecule has 1 heterocycles. The van der Waals surface area contributed by atoms with E-state index in [0.29, 0.717) is 6.04 Å². The summed E-state index contributed by atoms with van der Waals surface area (Å²) in [4.78, 5) is 4.05. The zero-order valence-electron chi connectivity index (χ0n) is 7.89. The van der Waals surface area contributed by atoms with Crippen LogP contribution in [-0.2, 0) is 0 Å². The van der Waals surface area contributed by atoms with Crippen molar-refractivity contribution in [3.63, 3.8) is 0 Å². The zero-order valence-corrected chi connectivity index (χ0v) is 9.48. The molecule has 0 N–H and O–H groups in total. The number of hydrogen-bond acceptors (Lipinski definition) is 1. The predicted molar refractivity (Wildman–Crippen MR) is 60.2 cm³/mol. The maximum absolute atomic E-state index is 4.05. The molecule has 0 saturated heterocycles. The molecule has 0 bridgehead atoms. The van der Waals surface area contributed by atoms with Gasteiger partial charge in [0.2, 0.25) is 0 Å². The third-order valence-corrected chi connectivity index (χ3v) is 3.05. The minimum Gasteiger partial charge on any atom is -0.330 e. The summed E-state index contributed by atoms with van der Waals surface area (Å²) in [7, 11) is 0. The van der Waals surface area contributed by atoms with Crippen molar-refractivity contribution in [2.24, 2.45) is 0 Å². The maximum atomic E-state index is 4.05. The van der Waals surface area contributed by atoms with Crippen molar-refractivity contribution < 1.29 is 0 Å². The van der Waals surface area contributed by atoms with Gasteiger partial charge >= 0.3 is 0 Å². The van der Waals surface area contributed by atoms with Crippen LogP contribution in [0.2, 0.25) is 0 Å². The first kappa shape index (κ1) is 9.46. The minimum absolute atomic E-state index is 0.313. The van der Waals surface area contributed by atoms with Gasteiger partial charge in [-0.25, -0.2) is 4.98 Å². The van der Waals surface area contributed by atoms with Gasteiger partial charge in [-0.05, 0) is 18.6 Å². The van der Waals surface area contributed by atoms with E-state index in [9.17, 15) is 0 Å². The standard InChI is InChI=1S/C11H11BrN2/c1-9(14-7-6-13-8-14)10-4-2-3-5-11(10)12/h2-9H,1H3/t9-/m0/s1. The third-order valence-electron chi connectivity index (χ3n) is 2.33. The molecule has 0 unspecified atom stereocenters. The lowest BCUT2D eigenvalue weighted by Crippen LogP contribution is -2.04. The van der Waals surface area contributed by atoms with Crippen molar-refractivity contribution in [3.8, 4) is 0 Å². The highest BCUT2D eigenvalue weighted by atomic mass is 79.9. The van der Waals surface area contributed by atoms with Crippen molar-refractivity contribution in [3.05, 3.63) is 53.0 Å². The Kier molecular flexibility index (Phi) is 2.68. The van der Waals surface area contributed by atoms with E-state index in [1.54, 1.807) is 6.20 Å². The minimum atomic E-state index is 0.313. The summed E-state index contributed by atoms with van der Waals surface area (Å²) in [5.74, 6) is 0. The summed E-state index contributed by atoms with van der Waals surface area (Å²) in [5.41, 5.74) is 1.27. The molecule has 0 radical (unpaired) electrons. The summed E-state index contributed by atoms with van der Waals surface area (Å²) < 4.78 is 3.22. The molecule has 0 saturated carbocycles. The van der Waals surface area contributed by atoms with E-state index in [2.05, 4.69) is 44.5 Å². The topological polar surface area (TPSA) is 17.8 Å². The van der Waals surface area contributed by atoms with Crippen LogP contribution in [0.25, 0.3) is 0 Å². The Morgan fingerprint density at radius 2 is 2.14 bits per heavy atom. The van der Waals surface area contributed by atoms with Crippen LogP contribution in [0.1, 0.15) is 18.5 Å². The number of benzene rings is 1. The van der Waals surface area contributed by atoms with Crippen LogP contribution in [0.3, 0.4) is 0 Å². The van der Waals surface area contributed by atoms with Gasteiger partial charge in [-0.3, -0.25) is 0 Å². The molecule has 72 valence electrons. The fraction of sp³-hybridized carbons (Fsp3) is 0.182. The van der Waals surface area contributed by atoms with E-state index in [4.69, 9.17) is 0 Å². The molecule has 0 amide bonds. The van der Waals surface area contributed by atoms with Crippen molar-refractivity contribution in [1.29, 1.82) is 0 Å². The third kappa shape index (κ3) is 1.73. The molecular weight excluding hydrogens is 240 g/mol. The van der Waals surface area contributed by atoms with Gasteiger partial charge in [-0.2, -0.15) is 0 Å². The zero-order chi connectivity index (χ0) is 9.97. The number of nitrogens with zero attached hydrogens (tertiary/aromatic N) is 2. The van der Waals surface area contributed by atoms with Crippen LogP contribution in [0, 0.1) is 0 Å². The fourth-order valence-corrected chi connectivity index (χ4v) is 2.09. The first-order valence-electron chi connectivity index (χ1n) is 4.51. The number of halogens is 1. The molecule has 0 aliphatic heterocycles. The average molecular weight is 251 g/mol. The van der Waals surface area contributed by atoms with E-state index in [-0.39, 0.29) is 0 Å². The normalized spacial score (nSPS) is 12.7. The highest BCUT2D eigenvalue weighted by Crippen LogP contribution is 2.25. The van der Waals surface area contributed by atoms with E-state index < -0.39 is 0 Å². The SMILES string of the molecule is C[C@@H](c1ccccc1Br)n1ccnc1. The number of hydrogen-bond donors (Lipinski definition) is 0. The number of rotatable bonds is 2. The summed E-state index contributed by atoms with van der Waals surface area (Å²) >= 11 is 3.55. The second kappa shape index (κ2) is 3.96. The Morgan fingerprint density at radius 1 is 1.36 bits per heavy atom. The summed E-state index contributed by atoms with van der Waals surface area (Å²) in [6.45, 7) is 2.15. The van der Waals surface area contributed by atoms with E-state index in [1.807, 2.05) is 24.7 Å². The quantitative estimate of drug-likeness (QED) is 0.801. The van der Waals surface area contributed by atoms with Crippen molar-refractivity contribution in [1.82, 2.24) is 9.55 Å². The van der Waals surface area contributed by atoms with Crippen molar-refractivity contribution in [2.75, 3.05) is 0 Å². The lowest BCUT2D eigenvalue weighted by atomic mass is 10.1. The van der Waals surface area contributed by atoms with Crippen LogP contribution in [0.4, 0.5) is 0 Å². The van der Waals surface area contributed by atoms with E-state index >= 15 is 0 Å². The lowest BCUT2D eigenvalue weighted by Gasteiger charge is -2.14. The molecule has 2 aromatic rings. The van der Waals surface area contributed by atoms with Gasteiger partial charge in [-0.15, -0.1) is 0 Å². The molecule has 0 spiro atoms. The Morgan fingerprint density at radius 3 is 2.79 bits per heavy atom. The van der Waals surface area contributed by atoms with Gasteiger partial charge in [-0.1, -0.05) is 34.1 Å². The van der Waals surface area contributed by atoms with Crippen LogP contribution >= 0.6 is 15.9 Å². The van der Waals surface area contributed by atoms with Crippen LogP contribution in [0.15, 0.2) is 47.5 Å². The highest BCUT2D eigenvalue weighted by Gasteiger charge is 2.09. The van der Waals surface area contributed by atoms with Gasteiger partial charge in [0.25, 0.3) is 0 Å². The Balaban J connectivity index is 2.37. The molecule has 0 fully saturated rings. The second-order valence-corrected chi connectivity index (χ2v) is 4.06. The first-order chi connectivity index (χ1) is 6.79. The Hall–Kier alpha value is -1.09. The Labute approximate surface area is 91.7 Å². The molecule has 1 aromatic heterocycles. The molecule has 2 nitrogen and oxygen atoms in total. The fourth-order valence-electron chi connectivity index (χ4n) is 1.47. The van der Waals surface area contributed by atoms with Crippen LogP contribution in [0.5, 0.6) is 0 Å². The first-order valence-corrected chi connectivity index (χ1v) is 5.30. The molecule has 0 aliphatic carbocycles. The molecule has 3 heteroatoms. The lowest BCUT2D eigenvalue weighted by molar-refractivity contribution is 0.636.